The van der Waals surface area contributed by atoms with E-state index in [1.165, 1.54) is 0 Å². The first-order valence-electron chi connectivity index (χ1n) is 7.04. The van der Waals surface area contributed by atoms with Crippen molar-refractivity contribution in [3.8, 4) is 0 Å². The van der Waals surface area contributed by atoms with E-state index in [0.717, 1.165) is 35.3 Å². The van der Waals surface area contributed by atoms with Crippen LogP contribution in [-0.2, 0) is 13.5 Å². The highest BCUT2D eigenvalue weighted by Gasteiger charge is 2.20. The highest BCUT2D eigenvalue weighted by atomic mass is 35.5. The Morgan fingerprint density at radius 1 is 1.38 bits per heavy atom. The molecule has 1 heterocycles. The molecule has 0 spiro atoms. The van der Waals surface area contributed by atoms with E-state index in [0.29, 0.717) is 10.7 Å². The number of anilines is 1. The van der Waals surface area contributed by atoms with Crippen molar-refractivity contribution in [2.75, 3.05) is 5.32 Å². The predicted molar refractivity (Wildman–Crippen MR) is 86.1 cm³/mol. The molecule has 1 aromatic carbocycles. The van der Waals surface area contributed by atoms with Gasteiger partial charge in [0.2, 0.25) is 0 Å². The van der Waals surface area contributed by atoms with Gasteiger partial charge >= 0.3 is 0 Å². The molecule has 0 fully saturated rings. The normalized spacial score (nSPS) is 10.7. The van der Waals surface area contributed by atoms with Crippen LogP contribution >= 0.6 is 11.6 Å². The lowest BCUT2D eigenvalue weighted by atomic mass is 10.1. The first kappa shape index (κ1) is 15.6. The second-order valence-electron chi connectivity index (χ2n) is 5.18. The Morgan fingerprint density at radius 3 is 2.76 bits per heavy atom. The molecule has 0 saturated heterocycles. The molecule has 4 nitrogen and oxygen atoms in total. The van der Waals surface area contributed by atoms with Gasteiger partial charge in [-0.3, -0.25) is 9.48 Å². The number of rotatable bonds is 4. The van der Waals surface area contributed by atoms with Crippen LogP contribution in [0.4, 0.5) is 5.69 Å². The zero-order chi connectivity index (χ0) is 15.6. The molecular formula is C16H20ClN3O. The van der Waals surface area contributed by atoms with Gasteiger partial charge in [-0.2, -0.15) is 5.10 Å². The summed E-state index contributed by atoms with van der Waals surface area (Å²) in [4.78, 5) is 12.5. The number of hydrogen-bond acceptors (Lipinski definition) is 2. The third kappa shape index (κ3) is 3.10. The van der Waals surface area contributed by atoms with Gasteiger partial charge in [-0.05, 0) is 37.5 Å². The maximum Gasteiger partial charge on any atom is 0.275 e. The zero-order valence-electron chi connectivity index (χ0n) is 12.8. The highest BCUT2D eigenvalue weighted by Crippen LogP contribution is 2.24. The molecule has 21 heavy (non-hydrogen) atoms. The molecule has 2 aromatic rings. The molecule has 1 aromatic heterocycles. The number of amides is 1. The van der Waals surface area contributed by atoms with Crippen molar-refractivity contribution in [2.45, 2.75) is 33.6 Å². The maximum absolute atomic E-state index is 12.5. The standard InChI is InChI=1S/C16H20ClN3O/c1-5-7-13-14(17)15(20(4)19-13)16(21)18-12-9-6-8-10(2)11(12)3/h6,8-9H,5,7H2,1-4H3,(H,18,21). The summed E-state index contributed by atoms with van der Waals surface area (Å²) in [5.41, 5.74) is 4.16. The number of carbonyl (C=O) groups is 1. The van der Waals surface area contributed by atoms with E-state index in [2.05, 4.69) is 17.3 Å². The van der Waals surface area contributed by atoms with Crippen LogP contribution in [0.25, 0.3) is 0 Å². The third-order valence-electron chi connectivity index (χ3n) is 3.61. The predicted octanol–water partition coefficient (Wildman–Crippen LogP) is 3.90. The Balaban J connectivity index is 2.31. The van der Waals surface area contributed by atoms with E-state index in [1.54, 1.807) is 11.7 Å². The third-order valence-corrected chi connectivity index (χ3v) is 4.01. The van der Waals surface area contributed by atoms with Gasteiger partial charge < -0.3 is 5.32 Å². The summed E-state index contributed by atoms with van der Waals surface area (Å²) in [6.45, 7) is 6.06. The molecule has 0 unspecified atom stereocenters. The van der Waals surface area contributed by atoms with Gasteiger partial charge in [0.25, 0.3) is 5.91 Å². The average molecular weight is 306 g/mol. The monoisotopic (exact) mass is 305 g/mol. The summed E-state index contributed by atoms with van der Waals surface area (Å²) in [6.07, 6.45) is 1.71. The van der Waals surface area contributed by atoms with E-state index in [4.69, 9.17) is 11.6 Å². The number of aromatic nitrogens is 2. The number of benzene rings is 1. The molecular weight excluding hydrogens is 286 g/mol. The minimum absolute atomic E-state index is 0.231. The van der Waals surface area contributed by atoms with E-state index in [-0.39, 0.29) is 5.91 Å². The second-order valence-corrected chi connectivity index (χ2v) is 5.56. The molecule has 0 atom stereocenters. The SMILES string of the molecule is CCCc1nn(C)c(C(=O)Nc2cccc(C)c2C)c1Cl. The lowest BCUT2D eigenvalue weighted by Gasteiger charge is -2.10. The average Bonchev–Trinajstić information content (AvgIpc) is 2.70. The molecule has 0 saturated carbocycles. The molecule has 0 aliphatic heterocycles. The lowest BCUT2D eigenvalue weighted by Crippen LogP contribution is -2.17. The summed E-state index contributed by atoms with van der Waals surface area (Å²) in [7, 11) is 1.74. The van der Waals surface area contributed by atoms with Gasteiger partial charge in [-0.15, -0.1) is 0 Å². The Morgan fingerprint density at radius 2 is 2.10 bits per heavy atom. The van der Waals surface area contributed by atoms with Gasteiger partial charge in [0.05, 0.1) is 10.7 Å². The van der Waals surface area contributed by atoms with Gasteiger partial charge in [-0.1, -0.05) is 37.1 Å². The fraction of sp³-hybridized carbons (Fsp3) is 0.375. The molecule has 1 N–H and O–H groups in total. The molecule has 0 bridgehead atoms. The van der Waals surface area contributed by atoms with Gasteiger partial charge in [0.1, 0.15) is 5.69 Å². The van der Waals surface area contributed by atoms with E-state index in [9.17, 15) is 4.79 Å². The number of nitrogens with one attached hydrogen (secondary N) is 1. The van der Waals surface area contributed by atoms with Crippen molar-refractivity contribution < 1.29 is 4.79 Å². The van der Waals surface area contributed by atoms with Gasteiger partial charge in [-0.25, -0.2) is 0 Å². The molecule has 2 rings (SSSR count). The summed E-state index contributed by atoms with van der Waals surface area (Å²) in [5.74, 6) is -0.231. The number of aryl methyl sites for hydroxylation is 3. The molecule has 0 aliphatic rings. The van der Waals surface area contributed by atoms with E-state index in [1.807, 2.05) is 32.0 Å². The minimum Gasteiger partial charge on any atom is -0.320 e. The molecule has 5 heteroatoms. The Kier molecular flexibility index (Phi) is 4.68. The molecule has 112 valence electrons. The number of carbonyl (C=O) groups excluding carboxylic acids is 1. The van der Waals surface area contributed by atoms with Crippen LogP contribution in [0.1, 0.15) is 40.7 Å². The van der Waals surface area contributed by atoms with Crippen LogP contribution in [0.5, 0.6) is 0 Å². The summed E-state index contributed by atoms with van der Waals surface area (Å²) >= 11 is 6.30. The summed E-state index contributed by atoms with van der Waals surface area (Å²) in [5, 5.41) is 7.69. The van der Waals surface area contributed by atoms with Crippen LogP contribution in [-0.4, -0.2) is 15.7 Å². The molecule has 0 aliphatic carbocycles. The van der Waals surface area contributed by atoms with Crippen LogP contribution in [0, 0.1) is 13.8 Å². The highest BCUT2D eigenvalue weighted by molar-refractivity contribution is 6.34. The smallest absolute Gasteiger partial charge is 0.275 e. The van der Waals surface area contributed by atoms with Crippen LogP contribution < -0.4 is 5.32 Å². The van der Waals surface area contributed by atoms with Crippen LogP contribution in [0.2, 0.25) is 5.02 Å². The van der Waals surface area contributed by atoms with Crippen molar-refractivity contribution >= 4 is 23.2 Å². The second kappa shape index (κ2) is 6.31. The largest absolute Gasteiger partial charge is 0.320 e. The Bertz CT molecular complexity index is 676. The van der Waals surface area contributed by atoms with Gasteiger partial charge in [0.15, 0.2) is 0 Å². The number of hydrogen-bond donors (Lipinski definition) is 1. The molecule has 0 radical (unpaired) electrons. The summed E-state index contributed by atoms with van der Waals surface area (Å²) < 4.78 is 1.55. The van der Waals surface area contributed by atoms with Crippen LogP contribution in [0.15, 0.2) is 18.2 Å². The number of nitrogens with zero attached hydrogens (tertiary/aromatic N) is 2. The first-order chi connectivity index (χ1) is 9.95. The topological polar surface area (TPSA) is 46.9 Å². The fourth-order valence-corrected chi connectivity index (χ4v) is 2.61. The Labute approximate surface area is 130 Å². The lowest BCUT2D eigenvalue weighted by molar-refractivity contribution is 0.101. The van der Waals surface area contributed by atoms with E-state index < -0.39 is 0 Å². The fourth-order valence-electron chi connectivity index (χ4n) is 2.26. The Hall–Kier alpha value is -1.81. The van der Waals surface area contributed by atoms with Crippen LogP contribution in [0.3, 0.4) is 0 Å². The van der Waals surface area contributed by atoms with Crippen molar-refractivity contribution in [3.05, 3.63) is 45.7 Å². The molecule has 1 amide bonds. The van der Waals surface area contributed by atoms with Crippen molar-refractivity contribution in [1.82, 2.24) is 9.78 Å². The maximum atomic E-state index is 12.5. The van der Waals surface area contributed by atoms with Crippen molar-refractivity contribution in [1.29, 1.82) is 0 Å². The van der Waals surface area contributed by atoms with Gasteiger partial charge in [0, 0.05) is 12.7 Å². The van der Waals surface area contributed by atoms with Crippen molar-refractivity contribution in [2.24, 2.45) is 7.05 Å². The first-order valence-corrected chi connectivity index (χ1v) is 7.42. The van der Waals surface area contributed by atoms with E-state index >= 15 is 0 Å². The quantitative estimate of drug-likeness (QED) is 0.931. The summed E-state index contributed by atoms with van der Waals surface area (Å²) in [6, 6.07) is 5.82. The zero-order valence-corrected chi connectivity index (χ0v) is 13.6. The van der Waals surface area contributed by atoms with Crippen molar-refractivity contribution in [3.63, 3.8) is 0 Å². The minimum atomic E-state index is -0.231. The number of halogens is 1.